The van der Waals surface area contributed by atoms with Gasteiger partial charge in [-0.2, -0.15) is 0 Å². The molecule has 0 saturated heterocycles. The number of aliphatic hydroxyl groups is 1. The Labute approximate surface area is 256 Å². The third kappa shape index (κ3) is 9.18. The zero-order chi connectivity index (χ0) is 32.4. The summed E-state index contributed by atoms with van der Waals surface area (Å²) in [5.41, 5.74) is 9.77. The van der Waals surface area contributed by atoms with Gasteiger partial charge in [-0.25, -0.2) is 14.3 Å². The number of halogens is 2. The Hall–Kier alpha value is -4.13. The molecule has 0 spiro atoms. The lowest BCUT2D eigenvalue weighted by molar-refractivity contribution is -0.140. The van der Waals surface area contributed by atoms with Crippen LogP contribution in [0.2, 0.25) is 0 Å². The molecule has 0 unspecified atom stereocenters. The van der Waals surface area contributed by atoms with Gasteiger partial charge in [-0.1, -0.05) is 51.1 Å². The van der Waals surface area contributed by atoms with Crippen molar-refractivity contribution in [2.24, 2.45) is 11.1 Å². The average molecular weight is 614 g/mol. The third-order valence-corrected chi connectivity index (χ3v) is 7.12. The van der Waals surface area contributed by atoms with Crippen LogP contribution in [0.1, 0.15) is 50.9 Å². The Kier molecular flexibility index (Phi) is 12.1. The number of carbonyl (C=O) groups excluding carboxylic acids is 3. The van der Waals surface area contributed by atoms with Gasteiger partial charge in [0.05, 0.1) is 19.2 Å². The fourth-order valence-electron chi connectivity index (χ4n) is 5.10. The molecular weight excluding hydrogens is 572 g/mol. The quantitative estimate of drug-likeness (QED) is 0.206. The Bertz CT molecular complexity index is 1420. The number of rotatable bonds is 14. The second-order valence-electron chi connectivity index (χ2n) is 11.6. The first-order valence-corrected chi connectivity index (χ1v) is 14.3. The minimum absolute atomic E-state index is 0.0137. The SMILES string of the molecule is CONC(=O)CCNC(=O)[C@@H](N)CCN(C(=O)CO)[C@@H](c1cc(-c2cc(F)ccc2F)cn1Cc1ccccc1)C(C)(C)C. The van der Waals surface area contributed by atoms with Crippen molar-refractivity contribution >= 4 is 17.7 Å². The summed E-state index contributed by atoms with van der Waals surface area (Å²) in [4.78, 5) is 43.5. The zero-order valence-electron chi connectivity index (χ0n) is 25.5. The molecular formula is C32H41F2N5O5. The number of benzene rings is 2. The molecule has 1 heterocycles. The maximum absolute atomic E-state index is 14.9. The molecule has 0 aliphatic carbocycles. The number of nitrogens with zero attached hydrogens (tertiary/aromatic N) is 2. The maximum atomic E-state index is 14.9. The fraction of sp³-hybridized carbons (Fsp3) is 0.406. The molecule has 0 bridgehead atoms. The molecule has 0 radical (unpaired) electrons. The summed E-state index contributed by atoms with van der Waals surface area (Å²) in [6.07, 6.45) is 1.76. The summed E-state index contributed by atoms with van der Waals surface area (Å²) < 4.78 is 31.0. The number of nitrogens with one attached hydrogen (secondary N) is 2. The van der Waals surface area contributed by atoms with Gasteiger partial charge < -0.3 is 25.6 Å². The van der Waals surface area contributed by atoms with Crippen LogP contribution in [-0.2, 0) is 25.8 Å². The molecule has 3 aromatic rings. The van der Waals surface area contributed by atoms with Crippen molar-refractivity contribution in [3.8, 4) is 11.1 Å². The van der Waals surface area contributed by atoms with E-state index in [1.165, 1.54) is 12.0 Å². The van der Waals surface area contributed by atoms with Gasteiger partial charge in [0.15, 0.2) is 0 Å². The van der Waals surface area contributed by atoms with Crippen molar-refractivity contribution < 1.29 is 33.1 Å². The molecule has 3 amide bonds. The second kappa shape index (κ2) is 15.6. The molecule has 44 heavy (non-hydrogen) atoms. The molecule has 1 aromatic heterocycles. The summed E-state index contributed by atoms with van der Waals surface area (Å²) >= 11 is 0. The molecule has 0 aliphatic heterocycles. The lowest BCUT2D eigenvalue weighted by Crippen LogP contribution is -2.47. The normalized spacial score (nSPS) is 12.8. The van der Waals surface area contributed by atoms with Crippen molar-refractivity contribution in [1.29, 1.82) is 0 Å². The first-order valence-electron chi connectivity index (χ1n) is 14.3. The van der Waals surface area contributed by atoms with Crippen molar-refractivity contribution in [2.75, 3.05) is 26.8 Å². The number of carbonyl (C=O) groups is 3. The number of hydrogen-bond donors (Lipinski definition) is 4. The van der Waals surface area contributed by atoms with E-state index in [1.807, 2.05) is 55.7 Å². The summed E-state index contributed by atoms with van der Waals surface area (Å²) in [5, 5.41) is 12.6. The first-order chi connectivity index (χ1) is 20.8. The van der Waals surface area contributed by atoms with Crippen LogP contribution in [0.25, 0.3) is 11.1 Å². The molecule has 3 rings (SSSR count). The number of aromatic nitrogens is 1. The lowest BCUT2D eigenvalue weighted by atomic mass is 9.82. The minimum atomic E-state index is -1.01. The van der Waals surface area contributed by atoms with Crippen molar-refractivity contribution in [1.82, 2.24) is 20.3 Å². The van der Waals surface area contributed by atoms with Crippen LogP contribution < -0.4 is 16.5 Å². The standard InChI is InChI=1S/C32H41F2N5O5/c1-32(2,3)30(39(29(42)20-40)15-13-26(35)31(43)36-14-12-28(41)37-44-4)27-16-22(24-17-23(33)10-11-25(24)34)19-38(27)18-21-8-6-5-7-9-21/h5-11,16-17,19,26,30,40H,12-15,18,20,35H2,1-4H3,(H,36,43)(H,37,41)/t26-,30-/m0/s1. The summed E-state index contributed by atoms with van der Waals surface area (Å²) in [6, 6.07) is 12.8. The highest BCUT2D eigenvalue weighted by Gasteiger charge is 2.37. The zero-order valence-corrected chi connectivity index (χ0v) is 25.5. The lowest BCUT2D eigenvalue weighted by Gasteiger charge is -2.41. The van der Waals surface area contributed by atoms with Crippen LogP contribution >= 0.6 is 0 Å². The molecule has 2 aromatic carbocycles. The van der Waals surface area contributed by atoms with E-state index in [-0.39, 0.29) is 31.5 Å². The predicted octanol–water partition coefficient (Wildman–Crippen LogP) is 3.29. The summed E-state index contributed by atoms with van der Waals surface area (Å²) in [6.45, 7) is 5.42. The van der Waals surface area contributed by atoms with Crippen LogP contribution in [0.5, 0.6) is 0 Å². The smallest absolute Gasteiger partial charge is 0.248 e. The van der Waals surface area contributed by atoms with Crippen molar-refractivity contribution in [3.63, 3.8) is 0 Å². The van der Waals surface area contributed by atoms with E-state index >= 15 is 0 Å². The molecule has 5 N–H and O–H groups in total. The van der Waals surface area contributed by atoms with Crippen LogP contribution in [-0.4, -0.2) is 65.1 Å². The van der Waals surface area contributed by atoms with E-state index in [0.717, 1.165) is 23.8 Å². The molecule has 0 aliphatic rings. The van der Waals surface area contributed by atoms with Crippen LogP contribution in [0, 0.1) is 17.0 Å². The van der Waals surface area contributed by atoms with E-state index in [9.17, 15) is 28.3 Å². The van der Waals surface area contributed by atoms with Gasteiger partial charge in [0.25, 0.3) is 0 Å². The molecule has 0 fully saturated rings. The largest absolute Gasteiger partial charge is 0.387 e. The van der Waals surface area contributed by atoms with Gasteiger partial charge in [-0.05, 0) is 41.7 Å². The first kappa shape index (κ1) is 34.4. The monoisotopic (exact) mass is 613 g/mol. The summed E-state index contributed by atoms with van der Waals surface area (Å²) in [5.74, 6) is -2.68. The Balaban J connectivity index is 1.98. The maximum Gasteiger partial charge on any atom is 0.248 e. The van der Waals surface area contributed by atoms with Crippen LogP contribution in [0.4, 0.5) is 8.78 Å². The second-order valence-corrected chi connectivity index (χ2v) is 11.6. The summed E-state index contributed by atoms with van der Waals surface area (Å²) in [7, 11) is 1.30. The van der Waals surface area contributed by atoms with Crippen molar-refractivity contribution in [2.45, 2.75) is 52.2 Å². The van der Waals surface area contributed by atoms with Gasteiger partial charge in [0.1, 0.15) is 18.2 Å². The number of hydrogen-bond acceptors (Lipinski definition) is 6. The Morgan fingerprint density at radius 1 is 1.09 bits per heavy atom. The van der Waals surface area contributed by atoms with E-state index in [1.54, 1.807) is 12.3 Å². The average Bonchev–Trinajstić information content (AvgIpc) is 3.37. The van der Waals surface area contributed by atoms with Crippen LogP contribution in [0.3, 0.4) is 0 Å². The highest BCUT2D eigenvalue weighted by atomic mass is 19.1. The van der Waals surface area contributed by atoms with Gasteiger partial charge in [0.2, 0.25) is 17.7 Å². The Morgan fingerprint density at radius 2 is 1.80 bits per heavy atom. The third-order valence-electron chi connectivity index (χ3n) is 7.12. The van der Waals surface area contributed by atoms with Gasteiger partial charge in [-0.3, -0.25) is 19.2 Å². The molecule has 0 saturated carbocycles. The van der Waals surface area contributed by atoms with Crippen molar-refractivity contribution in [3.05, 3.63) is 83.7 Å². The number of hydroxylamine groups is 1. The van der Waals surface area contributed by atoms with E-state index < -0.39 is 53.5 Å². The van der Waals surface area contributed by atoms with E-state index in [4.69, 9.17) is 5.73 Å². The van der Waals surface area contributed by atoms with Gasteiger partial charge in [-0.15, -0.1) is 0 Å². The van der Waals surface area contributed by atoms with E-state index in [2.05, 4.69) is 15.6 Å². The highest BCUT2D eigenvalue weighted by Crippen LogP contribution is 2.41. The van der Waals surface area contributed by atoms with Gasteiger partial charge >= 0.3 is 0 Å². The minimum Gasteiger partial charge on any atom is -0.387 e. The molecule has 2 atom stereocenters. The number of amides is 3. The predicted molar refractivity (Wildman–Crippen MR) is 162 cm³/mol. The topological polar surface area (TPSA) is 139 Å². The molecule has 238 valence electrons. The Morgan fingerprint density at radius 3 is 2.43 bits per heavy atom. The fourth-order valence-corrected chi connectivity index (χ4v) is 5.10. The van der Waals surface area contributed by atoms with Crippen LogP contribution in [0.15, 0.2) is 60.8 Å². The number of nitrogens with two attached hydrogens (primary N) is 1. The van der Waals surface area contributed by atoms with E-state index in [0.29, 0.717) is 17.8 Å². The molecule has 10 nitrogen and oxygen atoms in total. The van der Waals surface area contributed by atoms with Gasteiger partial charge in [0, 0.05) is 49.1 Å². The highest BCUT2D eigenvalue weighted by molar-refractivity contribution is 5.82. The number of aliphatic hydroxyl groups excluding tert-OH is 1. The molecule has 12 heteroatoms.